The molecule has 3 aromatic rings. The van der Waals surface area contributed by atoms with E-state index in [-0.39, 0.29) is 5.69 Å². The van der Waals surface area contributed by atoms with Crippen LogP contribution in [-0.2, 0) is 11.3 Å². The van der Waals surface area contributed by atoms with E-state index >= 15 is 0 Å². The van der Waals surface area contributed by atoms with Gasteiger partial charge >= 0.3 is 5.97 Å². The Balaban J connectivity index is 2.08. The van der Waals surface area contributed by atoms with Crippen LogP contribution in [0, 0.1) is 0 Å². The van der Waals surface area contributed by atoms with E-state index in [1.807, 2.05) is 29.6 Å². The highest BCUT2D eigenvalue weighted by atomic mass is 32.1. The van der Waals surface area contributed by atoms with E-state index < -0.39 is 5.97 Å². The van der Waals surface area contributed by atoms with E-state index in [4.69, 9.17) is 4.74 Å². The summed E-state index contributed by atoms with van der Waals surface area (Å²) in [6.07, 6.45) is 3.33. The molecule has 0 bridgehead atoms. The summed E-state index contributed by atoms with van der Waals surface area (Å²) in [6, 6.07) is 7.62. The summed E-state index contributed by atoms with van der Waals surface area (Å²) in [5.74, 6) is -0.501. The minimum Gasteiger partial charge on any atom is -0.464 e. The maximum Gasteiger partial charge on any atom is 0.360 e. The topological polar surface area (TPSA) is 69.9 Å². The van der Waals surface area contributed by atoms with Crippen LogP contribution in [0.5, 0.6) is 0 Å². The smallest absolute Gasteiger partial charge is 0.360 e. The summed E-state index contributed by atoms with van der Waals surface area (Å²) in [5.41, 5.74) is 1.67. The number of methoxy groups -OCH3 is 1. The van der Waals surface area contributed by atoms with Gasteiger partial charge in [0, 0.05) is 22.8 Å². The molecule has 6 nitrogen and oxygen atoms in total. The third-order valence-corrected chi connectivity index (χ3v) is 3.81. The predicted molar refractivity (Wildman–Crippen MR) is 78.0 cm³/mol. The number of ether oxygens (including phenoxy) is 1. The summed E-state index contributed by atoms with van der Waals surface area (Å²) in [6.45, 7) is 0.555. The van der Waals surface area contributed by atoms with Gasteiger partial charge in [0.1, 0.15) is 5.69 Å². The van der Waals surface area contributed by atoms with Crippen LogP contribution >= 0.6 is 11.3 Å². The summed E-state index contributed by atoms with van der Waals surface area (Å²) in [4.78, 5) is 17.0. The van der Waals surface area contributed by atoms with E-state index in [1.165, 1.54) is 7.11 Å². The number of thiophene rings is 1. The molecule has 0 fully saturated rings. The number of carbonyl (C=O) groups is 1. The zero-order valence-corrected chi connectivity index (χ0v) is 12.1. The van der Waals surface area contributed by atoms with Crippen LogP contribution < -0.4 is 0 Å². The van der Waals surface area contributed by atoms with Crippen molar-refractivity contribution in [2.75, 3.05) is 7.11 Å². The number of hydrogen-bond acceptors (Lipinski definition) is 6. The van der Waals surface area contributed by atoms with Crippen molar-refractivity contribution in [2.45, 2.75) is 6.54 Å². The highest BCUT2D eigenvalue weighted by Crippen LogP contribution is 2.23. The van der Waals surface area contributed by atoms with Crippen LogP contribution in [0.3, 0.4) is 0 Å². The Labute approximate surface area is 125 Å². The lowest BCUT2D eigenvalue weighted by molar-refractivity contribution is 0.0595. The molecule has 7 heteroatoms. The highest BCUT2D eigenvalue weighted by molar-refractivity contribution is 7.09. The fraction of sp³-hybridized carbons (Fsp3) is 0.143. The molecule has 3 aromatic heterocycles. The van der Waals surface area contributed by atoms with Gasteiger partial charge in [0.25, 0.3) is 0 Å². The standard InChI is InChI=1S/C14H12N4O2S/c1-20-14(19)12-13(10-4-6-15-7-5-10)18(17-16-12)9-11-3-2-8-21-11/h2-8H,9H2,1H3. The number of hydrogen-bond donors (Lipinski definition) is 0. The number of pyridine rings is 1. The summed E-state index contributed by atoms with van der Waals surface area (Å²) < 4.78 is 6.48. The van der Waals surface area contributed by atoms with E-state index in [2.05, 4.69) is 15.3 Å². The average Bonchev–Trinajstić information content (AvgIpc) is 3.17. The van der Waals surface area contributed by atoms with Gasteiger partial charge in [-0.05, 0) is 23.6 Å². The molecular weight excluding hydrogens is 288 g/mol. The fourth-order valence-corrected chi connectivity index (χ4v) is 2.69. The lowest BCUT2D eigenvalue weighted by Crippen LogP contribution is -2.07. The Kier molecular flexibility index (Phi) is 3.74. The largest absolute Gasteiger partial charge is 0.464 e. The second-order valence-electron chi connectivity index (χ2n) is 4.25. The van der Waals surface area contributed by atoms with Gasteiger partial charge in [-0.3, -0.25) is 4.98 Å². The SMILES string of the molecule is COC(=O)c1nnn(Cc2cccs2)c1-c1ccncc1. The third-order valence-electron chi connectivity index (χ3n) is 2.95. The van der Waals surface area contributed by atoms with Crippen LogP contribution in [-0.4, -0.2) is 33.1 Å². The maximum atomic E-state index is 11.9. The molecule has 0 saturated carbocycles. The second kappa shape index (κ2) is 5.84. The molecule has 0 saturated heterocycles. The second-order valence-corrected chi connectivity index (χ2v) is 5.28. The van der Waals surface area contributed by atoms with Crippen molar-refractivity contribution in [1.29, 1.82) is 0 Å². The summed E-state index contributed by atoms with van der Waals surface area (Å²) in [7, 11) is 1.33. The van der Waals surface area contributed by atoms with Gasteiger partial charge in [-0.25, -0.2) is 9.48 Å². The van der Waals surface area contributed by atoms with Gasteiger partial charge in [0.15, 0.2) is 5.69 Å². The molecule has 0 aromatic carbocycles. The Morgan fingerprint density at radius 1 is 1.33 bits per heavy atom. The molecule has 0 amide bonds. The molecule has 21 heavy (non-hydrogen) atoms. The Hall–Kier alpha value is -2.54. The first-order chi connectivity index (χ1) is 10.3. The number of esters is 1. The quantitative estimate of drug-likeness (QED) is 0.691. The van der Waals surface area contributed by atoms with Gasteiger partial charge in [0.05, 0.1) is 13.7 Å². The number of rotatable bonds is 4. The monoisotopic (exact) mass is 300 g/mol. The third kappa shape index (κ3) is 2.68. The highest BCUT2D eigenvalue weighted by Gasteiger charge is 2.21. The van der Waals surface area contributed by atoms with E-state index in [9.17, 15) is 4.79 Å². The average molecular weight is 300 g/mol. The Morgan fingerprint density at radius 3 is 2.81 bits per heavy atom. The minimum absolute atomic E-state index is 0.209. The maximum absolute atomic E-state index is 11.9. The van der Waals surface area contributed by atoms with Crippen LogP contribution in [0.2, 0.25) is 0 Å². The molecule has 0 atom stereocenters. The summed E-state index contributed by atoms with van der Waals surface area (Å²) >= 11 is 1.63. The molecule has 0 spiro atoms. The zero-order valence-electron chi connectivity index (χ0n) is 11.3. The van der Waals surface area contributed by atoms with Crippen LogP contribution in [0.4, 0.5) is 0 Å². The van der Waals surface area contributed by atoms with Gasteiger partial charge in [-0.1, -0.05) is 11.3 Å². The zero-order chi connectivity index (χ0) is 14.7. The molecule has 0 radical (unpaired) electrons. The van der Waals surface area contributed by atoms with E-state index in [1.54, 1.807) is 28.4 Å². The van der Waals surface area contributed by atoms with E-state index in [0.29, 0.717) is 12.2 Å². The fourth-order valence-electron chi connectivity index (χ4n) is 2.00. The normalized spacial score (nSPS) is 10.5. The van der Waals surface area contributed by atoms with Crippen molar-refractivity contribution < 1.29 is 9.53 Å². The molecule has 0 aliphatic rings. The predicted octanol–water partition coefficient (Wildman–Crippen LogP) is 2.24. The van der Waals surface area contributed by atoms with Crippen molar-refractivity contribution in [2.24, 2.45) is 0 Å². The van der Waals surface area contributed by atoms with Crippen molar-refractivity contribution in [1.82, 2.24) is 20.0 Å². The van der Waals surface area contributed by atoms with Gasteiger partial charge in [-0.2, -0.15) is 0 Å². The molecule has 0 aliphatic carbocycles. The van der Waals surface area contributed by atoms with Crippen LogP contribution in [0.25, 0.3) is 11.3 Å². The van der Waals surface area contributed by atoms with Crippen molar-refractivity contribution in [3.63, 3.8) is 0 Å². The van der Waals surface area contributed by atoms with Crippen molar-refractivity contribution in [3.05, 3.63) is 52.6 Å². The number of nitrogens with zero attached hydrogens (tertiary/aromatic N) is 4. The van der Waals surface area contributed by atoms with Crippen molar-refractivity contribution >= 4 is 17.3 Å². The van der Waals surface area contributed by atoms with E-state index in [0.717, 1.165) is 10.4 Å². The Morgan fingerprint density at radius 2 is 2.14 bits per heavy atom. The molecule has 0 unspecified atom stereocenters. The molecule has 0 N–H and O–H groups in total. The molecule has 0 aliphatic heterocycles. The minimum atomic E-state index is -0.501. The Bertz CT molecular complexity index is 738. The first-order valence-corrected chi connectivity index (χ1v) is 7.12. The van der Waals surface area contributed by atoms with Gasteiger partial charge < -0.3 is 4.74 Å². The van der Waals surface area contributed by atoms with Crippen molar-refractivity contribution in [3.8, 4) is 11.3 Å². The lowest BCUT2D eigenvalue weighted by Gasteiger charge is -2.06. The number of aromatic nitrogens is 4. The summed E-state index contributed by atoms with van der Waals surface area (Å²) in [5, 5.41) is 10.1. The molecule has 3 rings (SSSR count). The molecular formula is C14H12N4O2S. The molecule has 106 valence electrons. The van der Waals surface area contributed by atoms with Crippen LogP contribution in [0.15, 0.2) is 42.0 Å². The first kappa shape index (κ1) is 13.4. The van der Waals surface area contributed by atoms with Crippen LogP contribution in [0.1, 0.15) is 15.4 Å². The molecule has 3 heterocycles. The number of carbonyl (C=O) groups excluding carboxylic acids is 1. The lowest BCUT2D eigenvalue weighted by atomic mass is 10.1. The van der Waals surface area contributed by atoms with Gasteiger partial charge in [-0.15, -0.1) is 16.4 Å². The van der Waals surface area contributed by atoms with Gasteiger partial charge in [0.2, 0.25) is 0 Å². The first-order valence-electron chi connectivity index (χ1n) is 6.24.